The summed E-state index contributed by atoms with van der Waals surface area (Å²) in [5.41, 5.74) is 14.4. The van der Waals surface area contributed by atoms with Crippen molar-refractivity contribution < 1.29 is 31.1 Å². The molecule has 0 amide bonds. The van der Waals surface area contributed by atoms with Crippen molar-refractivity contribution in [3.8, 4) is 11.1 Å². The molecule has 2 aliphatic carbocycles. The number of hydrogen-bond donors (Lipinski definition) is 0. The maximum atomic E-state index is 3.00. The van der Waals surface area contributed by atoms with Crippen LogP contribution in [0.5, 0.6) is 0 Å². The molecule has 0 fully saturated rings. The van der Waals surface area contributed by atoms with Gasteiger partial charge in [0.1, 0.15) is 0 Å². The van der Waals surface area contributed by atoms with E-state index in [1.807, 2.05) is 0 Å². The molecular formula is C67H61N3U. The number of hydrogen-bond acceptors (Lipinski definition) is 3. The van der Waals surface area contributed by atoms with E-state index < -0.39 is 0 Å². The molecule has 8 aromatic carbocycles. The van der Waals surface area contributed by atoms with Crippen LogP contribution in [-0.2, 0) is 0 Å². The minimum atomic E-state index is 0. The Balaban J connectivity index is 0.00000223. The van der Waals surface area contributed by atoms with Gasteiger partial charge in [-0.25, -0.2) is 0 Å². The van der Waals surface area contributed by atoms with E-state index in [4.69, 9.17) is 0 Å². The maximum Gasteiger partial charge on any atom is 0.0537 e. The monoisotopic (exact) mass is 1150 g/mol. The van der Waals surface area contributed by atoms with E-state index in [1.54, 1.807) is 0 Å². The normalized spacial score (nSPS) is 14.2. The Morgan fingerprint density at radius 2 is 1.10 bits per heavy atom. The summed E-state index contributed by atoms with van der Waals surface area (Å²) >= 11 is 0. The van der Waals surface area contributed by atoms with Gasteiger partial charge in [0.2, 0.25) is 0 Å². The van der Waals surface area contributed by atoms with Crippen LogP contribution >= 0.6 is 0 Å². The van der Waals surface area contributed by atoms with E-state index >= 15 is 0 Å². The minimum absolute atomic E-state index is 0. The number of benzene rings is 8. The van der Waals surface area contributed by atoms with Gasteiger partial charge in [0.15, 0.2) is 0 Å². The summed E-state index contributed by atoms with van der Waals surface area (Å²) in [6.07, 6.45) is 27.9. The summed E-state index contributed by atoms with van der Waals surface area (Å²) in [5.74, 6) is 0.267. The Hall–Kier alpha value is -7.35. The zero-order valence-corrected chi connectivity index (χ0v) is 45.1. The Labute approximate surface area is 445 Å². The van der Waals surface area contributed by atoms with Gasteiger partial charge in [-0.05, 0) is 120 Å². The van der Waals surface area contributed by atoms with Crippen LogP contribution in [0.25, 0.3) is 32.7 Å². The number of rotatable bonds is 14. The van der Waals surface area contributed by atoms with Crippen LogP contribution in [0.15, 0.2) is 285 Å². The number of anilines is 6. The van der Waals surface area contributed by atoms with E-state index in [0.717, 1.165) is 42.9 Å². The standard InChI is InChI=1S/C65H57N3.C2H4.U/c1-3-4-5-6-16-48-66(64-32-18-24-54-21-11-13-29-61(54)64)56-41-34-52(35-42-56)53-39-46-60(47-40-53)67(57-26-8-7-9-27-57)59-44-37-51(38-45-59)50-23-17-28-58(43-36-50)68(63-31-15-10-20-49(63)2)65-33-19-25-55-22-12-14-30-62(55)65;1-2;/h4-27,29-37,39-47,51H,3,28,38,48H2,1-2H3;1-2H2;/b5-4-,16-6-;;. The van der Waals surface area contributed by atoms with Crippen LogP contribution in [0.2, 0.25) is 0 Å². The van der Waals surface area contributed by atoms with Gasteiger partial charge in [0, 0.05) is 101 Å². The average molecular weight is 1150 g/mol. The SMILES string of the molecule is C=C.CC/C=C\C=C/CN(c1ccc(-c2ccc(N(C3=CCC(C4=CC=C(N(c5ccccc5C)c5cccc6ccccc56)CC=C4)C=C3)c3ccccc3)cc2)cc1)c1cccc2ccccc12.[U]. The van der Waals surface area contributed by atoms with Crippen LogP contribution in [-0.4, -0.2) is 6.54 Å². The van der Waals surface area contributed by atoms with Crippen LogP contribution in [0.4, 0.5) is 34.1 Å². The zero-order valence-electron chi connectivity index (χ0n) is 40.9. The number of fused-ring (bicyclic) bond motifs is 2. The smallest absolute Gasteiger partial charge is 0.0537 e. The Morgan fingerprint density at radius 1 is 0.535 bits per heavy atom. The molecule has 0 heterocycles. The van der Waals surface area contributed by atoms with Gasteiger partial charge in [0.25, 0.3) is 0 Å². The van der Waals surface area contributed by atoms with Crippen molar-refractivity contribution in [3.63, 3.8) is 0 Å². The average Bonchev–Trinajstić information content (AvgIpc) is 3.68. The van der Waals surface area contributed by atoms with Gasteiger partial charge in [-0.1, -0.05) is 195 Å². The van der Waals surface area contributed by atoms with Gasteiger partial charge >= 0.3 is 0 Å². The fourth-order valence-corrected chi connectivity index (χ4v) is 9.63. The molecule has 4 heteroatoms. The van der Waals surface area contributed by atoms with E-state index in [9.17, 15) is 0 Å². The van der Waals surface area contributed by atoms with Gasteiger partial charge in [0.05, 0.1) is 5.69 Å². The molecular weight excluding hydrogens is 1080 g/mol. The first-order valence-corrected chi connectivity index (χ1v) is 24.5. The predicted molar refractivity (Wildman–Crippen MR) is 304 cm³/mol. The Kier molecular flexibility index (Phi) is 17.3. The number of nitrogens with zero attached hydrogens (tertiary/aromatic N) is 3. The molecule has 0 aromatic heterocycles. The van der Waals surface area contributed by atoms with Crippen molar-refractivity contribution >= 4 is 55.7 Å². The third kappa shape index (κ3) is 11.5. The van der Waals surface area contributed by atoms with E-state index in [0.29, 0.717) is 0 Å². The third-order valence-corrected chi connectivity index (χ3v) is 13.1. The second-order valence-corrected chi connectivity index (χ2v) is 17.5. The molecule has 2 aliphatic rings. The van der Waals surface area contributed by atoms with Gasteiger partial charge in [-0.15, -0.1) is 13.2 Å². The van der Waals surface area contributed by atoms with Crippen LogP contribution in [0.3, 0.4) is 0 Å². The number of para-hydroxylation sites is 2. The molecule has 0 saturated carbocycles. The quantitative estimate of drug-likeness (QED) is 0.0794. The summed E-state index contributed by atoms with van der Waals surface area (Å²) in [6.45, 7) is 11.1. The second-order valence-electron chi connectivity index (χ2n) is 17.5. The van der Waals surface area contributed by atoms with E-state index in [2.05, 4.69) is 297 Å². The van der Waals surface area contributed by atoms with Crippen molar-refractivity contribution in [2.45, 2.75) is 33.1 Å². The first-order chi connectivity index (χ1) is 34.6. The Bertz CT molecular complexity index is 3270. The van der Waals surface area contributed by atoms with E-state index in [-0.39, 0.29) is 37.0 Å². The molecule has 0 spiro atoms. The van der Waals surface area contributed by atoms with Crippen molar-refractivity contribution in [1.82, 2.24) is 0 Å². The molecule has 0 N–H and O–H groups in total. The van der Waals surface area contributed by atoms with Crippen molar-refractivity contribution in [1.29, 1.82) is 0 Å². The molecule has 3 nitrogen and oxygen atoms in total. The second kappa shape index (κ2) is 24.5. The first kappa shape index (κ1) is 50.1. The van der Waals surface area contributed by atoms with Crippen molar-refractivity contribution in [3.05, 3.63) is 291 Å². The summed E-state index contributed by atoms with van der Waals surface area (Å²) < 4.78 is 0. The molecule has 0 saturated heterocycles. The molecule has 1 unspecified atom stereocenters. The summed E-state index contributed by atoms with van der Waals surface area (Å²) in [6, 6.07) is 68.0. The molecule has 1 atom stereocenters. The molecule has 0 bridgehead atoms. The summed E-state index contributed by atoms with van der Waals surface area (Å²) in [7, 11) is 0. The first-order valence-electron chi connectivity index (χ1n) is 24.5. The van der Waals surface area contributed by atoms with Crippen molar-refractivity contribution in [2.75, 3.05) is 21.2 Å². The molecule has 348 valence electrons. The predicted octanol–water partition coefficient (Wildman–Crippen LogP) is 18.6. The number of allylic oxidation sites excluding steroid dienone is 11. The van der Waals surface area contributed by atoms with Crippen molar-refractivity contribution in [2.24, 2.45) is 5.92 Å². The molecule has 0 aliphatic heterocycles. The fraction of sp³-hybridized carbons (Fsp3) is 0.104. The van der Waals surface area contributed by atoms with Crippen LogP contribution < -0.4 is 14.7 Å². The summed E-state index contributed by atoms with van der Waals surface area (Å²) in [5, 5.41) is 4.98. The van der Waals surface area contributed by atoms with Gasteiger partial charge < -0.3 is 14.7 Å². The molecule has 71 heavy (non-hydrogen) atoms. The van der Waals surface area contributed by atoms with Gasteiger partial charge in [-0.3, -0.25) is 0 Å². The molecule has 8 aromatic rings. The fourth-order valence-electron chi connectivity index (χ4n) is 9.63. The number of aryl methyl sites for hydroxylation is 1. The minimum Gasteiger partial charge on any atom is -0.337 e. The van der Waals surface area contributed by atoms with Gasteiger partial charge in [-0.2, -0.15) is 0 Å². The zero-order chi connectivity index (χ0) is 48.1. The Morgan fingerprint density at radius 3 is 1.76 bits per heavy atom. The molecule has 0 radical (unpaired) electrons. The summed E-state index contributed by atoms with van der Waals surface area (Å²) in [4.78, 5) is 7.25. The molecule has 10 rings (SSSR count). The topological polar surface area (TPSA) is 9.72 Å². The third-order valence-electron chi connectivity index (χ3n) is 13.1. The van der Waals surface area contributed by atoms with E-state index in [1.165, 1.54) is 72.3 Å². The maximum absolute atomic E-state index is 3.00. The van der Waals surface area contributed by atoms with Crippen LogP contribution in [0, 0.1) is 44.0 Å². The largest absolute Gasteiger partial charge is 0.337 e. The van der Waals surface area contributed by atoms with Crippen LogP contribution in [0.1, 0.15) is 31.7 Å².